The van der Waals surface area contributed by atoms with Gasteiger partial charge < -0.3 is 21.3 Å². The molecule has 204 valence electrons. The van der Waals surface area contributed by atoms with Crippen molar-refractivity contribution >= 4 is 56.8 Å². The average Bonchev–Trinajstić information content (AvgIpc) is 3.40. The average molecular weight is 583 g/mol. The number of aliphatic imine (C=N–C) groups is 1. The lowest BCUT2D eigenvalue weighted by molar-refractivity contribution is -0.132. The number of rotatable bonds is 11. The number of sulfonamides is 1. The quantitative estimate of drug-likeness (QED) is 0.357. The van der Waals surface area contributed by atoms with Crippen molar-refractivity contribution in [3.8, 4) is 0 Å². The van der Waals surface area contributed by atoms with Gasteiger partial charge in [-0.15, -0.1) is 0 Å². The van der Waals surface area contributed by atoms with Crippen LogP contribution < -0.4 is 16.4 Å². The first-order chi connectivity index (χ1) is 17.9. The van der Waals surface area contributed by atoms with Crippen LogP contribution in [0.3, 0.4) is 0 Å². The summed E-state index contributed by atoms with van der Waals surface area (Å²) in [5.41, 5.74) is 7.37. The normalized spacial score (nSPS) is 13.1. The fourth-order valence-electron chi connectivity index (χ4n) is 3.62. The van der Waals surface area contributed by atoms with Crippen LogP contribution in [0.5, 0.6) is 0 Å². The number of carbonyl (C=O) groups is 3. The Hall–Kier alpha value is -3.19. The minimum absolute atomic E-state index is 0.135. The maximum atomic E-state index is 13.2. The number of amidine groups is 1. The predicted molar refractivity (Wildman–Crippen MR) is 144 cm³/mol. The van der Waals surface area contributed by atoms with Crippen molar-refractivity contribution in [3.63, 3.8) is 0 Å². The largest absolute Gasteiger partial charge is 0.369 e. The summed E-state index contributed by atoms with van der Waals surface area (Å²) in [5, 5.41) is 5.71. The highest BCUT2D eigenvalue weighted by Crippen LogP contribution is 2.31. The van der Waals surface area contributed by atoms with E-state index in [2.05, 4.69) is 15.6 Å². The van der Waals surface area contributed by atoms with E-state index in [1.165, 1.54) is 24.0 Å². The molecule has 1 heterocycles. The Morgan fingerprint density at radius 2 is 1.79 bits per heavy atom. The number of likely N-dealkylation sites (N-methyl/N-ethyl adjacent to an activating group) is 1. The number of nitrogens with one attached hydrogen (secondary N) is 2. The molecule has 0 saturated heterocycles. The van der Waals surface area contributed by atoms with E-state index in [0.717, 1.165) is 30.1 Å². The van der Waals surface area contributed by atoms with Crippen molar-refractivity contribution in [2.24, 2.45) is 10.7 Å². The number of carbonyl (C=O) groups excluding carboxylic acids is 3. The molecular weight excluding hydrogens is 555 g/mol. The summed E-state index contributed by atoms with van der Waals surface area (Å²) in [6.45, 7) is 1.48. The number of primary amides is 1. The molecule has 0 atom stereocenters. The van der Waals surface area contributed by atoms with Crippen molar-refractivity contribution in [3.05, 3.63) is 63.1 Å². The molecule has 4 N–H and O–H groups in total. The summed E-state index contributed by atoms with van der Waals surface area (Å²) in [6, 6.07) is 10.1. The van der Waals surface area contributed by atoms with Gasteiger partial charge in [0.1, 0.15) is 10.7 Å². The number of hydrogen-bond acceptors (Lipinski definition) is 7. The molecule has 0 aliphatic carbocycles. The van der Waals surface area contributed by atoms with Gasteiger partial charge in [-0.25, -0.2) is 8.42 Å². The lowest BCUT2D eigenvalue weighted by Crippen LogP contribution is -2.46. The second-order valence-corrected chi connectivity index (χ2v) is 11.3. The molecule has 1 aliphatic heterocycles. The van der Waals surface area contributed by atoms with Gasteiger partial charge in [0, 0.05) is 30.7 Å². The highest BCUT2D eigenvalue weighted by atomic mass is 35.5. The maximum Gasteiger partial charge on any atom is 0.245 e. The summed E-state index contributed by atoms with van der Waals surface area (Å²) < 4.78 is 26.9. The molecule has 38 heavy (non-hydrogen) atoms. The van der Waals surface area contributed by atoms with Crippen LogP contribution in [-0.2, 0) is 31.0 Å². The molecule has 0 saturated carbocycles. The van der Waals surface area contributed by atoms with E-state index in [4.69, 9.17) is 28.9 Å². The smallest absolute Gasteiger partial charge is 0.245 e. The highest BCUT2D eigenvalue weighted by molar-refractivity contribution is 7.89. The summed E-state index contributed by atoms with van der Waals surface area (Å²) in [7, 11) is -2.81. The van der Waals surface area contributed by atoms with Crippen LogP contribution in [0.2, 0.25) is 10.0 Å². The van der Waals surface area contributed by atoms with Gasteiger partial charge in [0.05, 0.1) is 31.2 Å². The Kier molecular flexibility index (Phi) is 9.71. The van der Waals surface area contributed by atoms with Gasteiger partial charge in [0.2, 0.25) is 27.7 Å². The van der Waals surface area contributed by atoms with E-state index in [0.29, 0.717) is 16.4 Å². The second kappa shape index (κ2) is 12.6. The van der Waals surface area contributed by atoms with E-state index in [1.807, 2.05) is 24.3 Å². The van der Waals surface area contributed by atoms with Crippen LogP contribution >= 0.6 is 23.2 Å². The monoisotopic (exact) mass is 582 g/mol. The third-order valence-corrected chi connectivity index (χ3v) is 8.58. The molecule has 2 aromatic carbocycles. The van der Waals surface area contributed by atoms with Gasteiger partial charge in [0.25, 0.3) is 0 Å². The minimum Gasteiger partial charge on any atom is -0.369 e. The molecule has 0 aromatic heterocycles. The number of nitrogens with zero attached hydrogens (tertiary/aromatic N) is 3. The van der Waals surface area contributed by atoms with Crippen molar-refractivity contribution in [2.75, 3.05) is 39.8 Å². The lowest BCUT2D eigenvalue weighted by atomic mass is 10.1. The second-order valence-electron chi connectivity index (χ2n) is 8.60. The molecule has 0 fully saturated rings. The van der Waals surface area contributed by atoms with Crippen molar-refractivity contribution < 1.29 is 22.8 Å². The number of nitrogens with two attached hydrogens (primary N) is 1. The summed E-state index contributed by atoms with van der Waals surface area (Å²) >= 11 is 12.2. The lowest BCUT2D eigenvalue weighted by Gasteiger charge is -2.22. The zero-order valence-electron chi connectivity index (χ0n) is 20.8. The van der Waals surface area contributed by atoms with Gasteiger partial charge in [-0.2, -0.15) is 4.31 Å². The summed E-state index contributed by atoms with van der Waals surface area (Å²) in [4.78, 5) is 42.2. The van der Waals surface area contributed by atoms with Crippen LogP contribution in [0.25, 0.3) is 0 Å². The zero-order valence-corrected chi connectivity index (χ0v) is 23.2. The van der Waals surface area contributed by atoms with E-state index >= 15 is 0 Å². The first-order valence-corrected chi connectivity index (χ1v) is 13.7. The Morgan fingerprint density at radius 1 is 1.11 bits per heavy atom. The van der Waals surface area contributed by atoms with Crippen molar-refractivity contribution in [1.82, 2.24) is 19.8 Å². The van der Waals surface area contributed by atoms with Gasteiger partial charge in [-0.3, -0.25) is 19.4 Å². The van der Waals surface area contributed by atoms with Crippen molar-refractivity contribution in [2.45, 2.75) is 18.4 Å². The first-order valence-electron chi connectivity index (χ1n) is 11.5. The topological polar surface area (TPSA) is 154 Å². The molecule has 14 heteroatoms. The Labute approximate surface area is 231 Å². The number of amides is 3. The van der Waals surface area contributed by atoms with Crippen molar-refractivity contribution in [1.29, 1.82) is 0 Å². The van der Waals surface area contributed by atoms with Gasteiger partial charge >= 0.3 is 0 Å². The molecule has 0 bridgehead atoms. The molecule has 0 radical (unpaired) electrons. The fourth-order valence-corrected chi connectivity index (χ4v) is 5.77. The Morgan fingerprint density at radius 3 is 2.39 bits per heavy atom. The number of halogens is 2. The molecule has 11 nitrogen and oxygen atoms in total. The van der Waals surface area contributed by atoms with Crippen LogP contribution in [0.1, 0.15) is 16.7 Å². The van der Waals surface area contributed by atoms with Gasteiger partial charge in [-0.05, 0) is 30.2 Å². The molecule has 2 aromatic rings. The summed E-state index contributed by atoms with van der Waals surface area (Å²) in [5.74, 6) is -1.33. The van der Waals surface area contributed by atoms with E-state index < -0.39 is 40.8 Å². The van der Waals surface area contributed by atoms with Crippen LogP contribution in [-0.4, -0.2) is 81.0 Å². The Balaban J connectivity index is 1.60. The minimum atomic E-state index is -4.39. The SMILES string of the molecule is Cc1c(Cl)ccc(S(=O)(=O)N(CC(N)=O)CC(=O)NCC(=O)N(C)Cc2ccc(C3=NCCN3)cc2)c1Cl. The van der Waals surface area contributed by atoms with Gasteiger partial charge in [-0.1, -0.05) is 47.5 Å². The van der Waals surface area contributed by atoms with E-state index in [9.17, 15) is 22.8 Å². The molecule has 1 aliphatic rings. The number of benzene rings is 2. The molecule has 0 spiro atoms. The molecule has 3 amide bonds. The summed E-state index contributed by atoms with van der Waals surface area (Å²) in [6.07, 6.45) is 0. The predicted octanol–water partition coefficient (Wildman–Crippen LogP) is 0.902. The standard InChI is InChI=1S/C24H28Cl2N6O5S/c1-15-18(25)7-8-19(23(15)26)38(36,37)32(13-20(27)33)14-21(34)30-11-22(35)31(2)12-16-3-5-17(6-4-16)24-28-9-10-29-24/h3-8H,9-14H2,1-2H3,(H2,27,33)(H,28,29)(H,30,34). The third kappa shape index (κ3) is 7.22. The maximum absolute atomic E-state index is 13.2. The Bertz CT molecular complexity index is 1370. The van der Waals surface area contributed by atoms with E-state index in [1.54, 1.807) is 7.05 Å². The zero-order chi connectivity index (χ0) is 28.0. The third-order valence-electron chi connectivity index (χ3n) is 5.74. The van der Waals surface area contributed by atoms with Crippen LogP contribution in [0.15, 0.2) is 46.3 Å². The van der Waals surface area contributed by atoms with Crippen LogP contribution in [0.4, 0.5) is 0 Å². The molecular formula is C24H28Cl2N6O5S. The van der Waals surface area contributed by atoms with Gasteiger partial charge in [0.15, 0.2) is 0 Å². The van der Waals surface area contributed by atoms with Crippen LogP contribution in [0, 0.1) is 6.92 Å². The molecule has 3 rings (SSSR count). The highest BCUT2D eigenvalue weighted by Gasteiger charge is 2.31. The number of hydrogen-bond donors (Lipinski definition) is 3. The fraction of sp³-hybridized carbons (Fsp3) is 0.333. The first kappa shape index (κ1) is 29.4. The molecule has 0 unspecified atom stereocenters. The van der Waals surface area contributed by atoms with E-state index in [-0.39, 0.29) is 21.5 Å².